The second kappa shape index (κ2) is 7.09. The van der Waals surface area contributed by atoms with E-state index in [1.165, 1.54) is 0 Å². The first-order chi connectivity index (χ1) is 7.15. The third-order valence-electron chi connectivity index (χ3n) is 2.18. The fraction of sp³-hybridized carbons (Fsp3) is 0.231. The van der Waals surface area contributed by atoms with Gasteiger partial charge in [0.1, 0.15) is 0 Å². The first-order valence-electron chi connectivity index (χ1n) is 4.89. The van der Waals surface area contributed by atoms with E-state index in [9.17, 15) is 5.11 Å². The van der Waals surface area contributed by atoms with Crippen molar-refractivity contribution in [3.63, 3.8) is 0 Å². The maximum Gasteiger partial charge on any atom is 0.0974 e. The number of hydrogen-bond donors (Lipinski definition) is 1. The quantitative estimate of drug-likeness (QED) is 0.817. The Hall–Kier alpha value is -1.25. The molecule has 0 aliphatic heterocycles. The van der Waals surface area contributed by atoms with E-state index in [-0.39, 0.29) is 12.4 Å². The van der Waals surface area contributed by atoms with Crippen molar-refractivity contribution in [3.05, 3.63) is 54.6 Å². The minimum Gasteiger partial charge on any atom is -0.384 e. The molecule has 0 heterocycles. The standard InChI is InChI=1S/C13H17NO.ClH/c1-4-5-6-13(15)11-7-9-12(10-8-11)14(2)3;/h4-10,13,15H,1H2,2-3H3;1H/b6-5+;. The molecule has 0 radical (unpaired) electrons. The van der Waals surface area contributed by atoms with Crippen LogP contribution in [-0.4, -0.2) is 19.2 Å². The first kappa shape index (κ1) is 14.8. The minimum absolute atomic E-state index is 0. The first-order valence-corrected chi connectivity index (χ1v) is 4.89. The fourth-order valence-electron chi connectivity index (χ4n) is 1.26. The average molecular weight is 240 g/mol. The van der Waals surface area contributed by atoms with Gasteiger partial charge < -0.3 is 10.0 Å². The van der Waals surface area contributed by atoms with Crippen LogP contribution in [0.15, 0.2) is 49.1 Å². The van der Waals surface area contributed by atoms with Crippen LogP contribution in [0.1, 0.15) is 11.7 Å². The number of benzene rings is 1. The van der Waals surface area contributed by atoms with Crippen LogP contribution in [0.25, 0.3) is 0 Å². The molecule has 1 rings (SSSR count). The molecule has 16 heavy (non-hydrogen) atoms. The summed E-state index contributed by atoms with van der Waals surface area (Å²) in [7, 11) is 3.98. The molecule has 0 aromatic heterocycles. The van der Waals surface area contributed by atoms with Crippen LogP contribution in [0.4, 0.5) is 5.69 Å². The predicted octanol–water partition coefficient (Wildman–Crippen LogP) is 2.95. The van der Waals surface area contributed by atoms with Gasteiger partial charge in [0.25, 0.3) is 0 Å². The van der Waals surface area contributed by atoms with Crippen LogP contribution in [0.3, 0.4) is 0 Å². The van der Waals surface area contributed by atoms with Gasteiger partial charge in [0.05, 0.1) is 6.10 Å². The molecular weight excluding hydrogens is 222 g/mol. The smallest absolute Gasteiger partial charge is 0.0974 e. The van der Waals surface area contributed by atoms with Crippen molar-refractivity contribution in [2.75, 3.05) is 19.0 Å². The molecule has 0 aliphatic carbocycles. The Morgan fingerprint density at radius 3 is 2.25 bits per heavy atom. The molecular formula is C13H18ClNO. The Kier molecular flexibility index (Phi) is 6.54. The molecule has 1 atom stereocenters. The van der Waals surface area contributed by atoms with Gasteiger partial charge in [0.2, 0.25) is 0 Å². The van der Waals surface area contributed by atoms with E-state index < -0.39 is 6.10 Å². The van der Waals surface area contributed by atoms with E-state index in [0.717, 1.165) is 11.3 Å². The lowest BCUT2D eigenvalue weighted by molar-refractivity contribution is 0.228. The van der Waals surface area contributed by atoms with Crippen molar-refractivity contribution in [3.8, 4) is 0 Å². The van der Waals surface area contributed by atoms with E-state index in [1.807, 2.05) is 43.3 Å². The van der Waals surface area contributed by atoms with E-state index >= 15 is 0 Å². The summed E-state index contributed by atoms with van der Waals surface area (Å²) in [5, 5.41) is 9.73. The summed E-state index contributed by atoms with van der Waals surface area (Å²) in [6.45, 7) is 3.56. The summed E-state index contributed by atoms with van der Waals surface area (Å²) in [5.41, 5.74) is 2.01. The third-order valence-corrected chi connectivity index (χ3v) is 2.18. The predicted molar refractivity (Wildman–Crippen MR) is 72.3 cm³/mol. The summed E-state index contributed by atoms with van der Waals surface area (Å²) < 4.78 is 0. The normalized spacial score (nSPS) is 11.9. The van der Waals surface area contributed by atoms with Crippen LogP contribution < -0.4 is 4.90 Å². The van der Waals surface area contributed by atoms with Crippen LogP contribution in [0, 0.1) is 0 Å². The van der Waals surface area contributed by atoms with Crippen LogP contribution in [0.5, 0.6) is 0 Å². The average Bonchev–Trinajstić information content (AvgIpc) is 2.26. The number of aliphatic hydroxyl groups is 1. The van der Waals surface area contributed by atoms with Gasteiger partial charge in [0, 0.05) is 19.8 Å². The van der Waals surface area contributed by atoms with Gasteiger partial charge in [-0.3, -0.25) is 0 Å². The number of allylic oxidation sites excluding steroid dienone is 2. The van der Waals surface area contributed by atoms with Gasteiger partial charge in [-0.2, -0.15) is 0 Å². The zero-order valence-corrected chi connectivity index (χ0v) is 10.4. The Balaban J connectivity index is 0.00000225. The third kappa shape index (κ3) is 4.09. The highest BCUT2D eigenvalue weighted by atomic mass is 35.5. The van der Waals surface area contributed by atoms with Gasteiger partial charge in [-0.1, -0.05) is 36.9 Å². The summed E-state index contributed by atoms with van der Waals surface area (Å²) in [4.78, 5) is 2.02. The number of hydrogen-bond acceptors (Lipinski definition) is 2. The molecule has 0 saturated heterocycles. The van der Waals surface area contributed by atoms with Gasteiger partial charge in [-0.05, 0) is 17.7 Å². The topological polar surface area (TPSA) is 23.5 Å². The Morgan fingerprint density at radius 2 is 1.81 bits per heavy atom. The molecule has 0 fully saturated rings. The number of aliphatic hydroxyl groups excluding tert-OH is 1. The lowest BCUT2D eigenvalue weighted by atomic mass is 10.1. The SMILES string of the molecule is C=C/C=C/C(O)c1ccc(N(C)C)cc1.Cl. The Labute approximate surface area is 103 Å². The number of nitrogens with zero attached hydrogens (tertiary/aromatic N) is 1. The fourth-order valence-corrected chi connectivity index (χ4v) is 1.26. The molecule has 1 N–H and O–H groups in total. The highest BCUT2D eigenvalue weighted by Crippen LogP contribution is 2.18. The summed E-state index contributed by atoms with van der Waals surface area (Å²) >= 11 is 0. The summed E-state index contributed by atoms with van der Waals surface area (Å²) in [6.07, 6.45) is 4.54. The molecule has 0 saturated carbocycles. The number of rotatable bonds is 4. The lowest BCUT2D eigenvalue weighted by Gasteiger charge is -2.13. The number of anilines is 1. The molecule has 1 unspecified atom stereocenters. The second-order valence-electron chi connectivity index (χ2n) is 3.55. The molecule has 3 heteroatoms. The van der Waals surface area contributed by atoms with E-state index in [0.29, 0.717) is 0 Å². The molecule has 0 amide bonds. The minimum atomic E-state index is -0.556. The zero-order chi connectivity index (χ0) is 11.3. The van der Waals surface area contributed by atoms with E-state index in [4.69, 9.17) is 0 Å². The molecule has 1 aromatic rings. The maximum atomic E-state index is 9.73. The van der Waals surface area contributed by atoms with Crippen molar-refractivity contribution in [2.45, 2.75) is 6.10 Å². The molecule has 0 bridgehead atoms. The Bertz CT molecular complexity index is 343. The molecule has 1 aromatic carbocycles. The van der Waals surface area contributed by atoms with Crippen molar-refractivity contribution in [1.82, 2.24) is 0 Å². The molecule has 0 spiro atoms. The maximum absolute atomic E-state index is 9.73. The highest BCUT2D eigenvalue weighted by Gasteiger charge is 2.02. The van der Waals surface area contributed by atoms with Crippen LogP contribution in [0.2, 0.25) is 0 Å². The summed E-state index contributed by atoms with van der Waals surface area (Å²) in [6, 6.07) is 7.82. The van der Waals surface area contributed by atoms with Crippen molar-refractivity contribution in [2.24, 2.45) is 0 Å². The largest absolute Gasteiger partial charge is 0.384 e. The van der Waals surface area contributed by atoms with Gasteiger partial charge >= 0.3 is 0 Å². The lowest BCUT2D eigenvalue weighted by Crippen LogP contribution is -2.08. The van der Waals surface area contributed by atoms with Gasteiger partial charge in [-0.25, -0.2) is 0 Å². The monoisotopic (exact) mass is 239 g/mol. The van der Waals surface area contributed by atoms with E-state index in [2.05, 4.69) is 6.58 Å². The van der Waals surface area contributed by atoms with Crippen LogP contribution in [-0.2, 0) is 0 Å². The van der Waals surface area contributed by atoms with Crippen molar-refractivity contribution < 1.29 is 5.11 Å². The van der Waals surface area contributed by atoms with Crippen molar-refractivity contribution >= 4 is 18.1 Å². The van der Waals surface area contributed by atoms with Crippen molar-refractivity contribution in [1.29, 1.82) is 0 Å². The highest BCUT2D eigenvalue weighted by molar-refractivity contribution is 5.85. The summed E-state index contributed by atoms with van der Waals surface area (Å²) in [5.74, 6) is 0. The molecule has 2 nitrogen and oxygen atoms in total. The molecule has 88 valence electrons. The second-order valence-corrected chi connectivity index (χ2v) is 3.55. The van der Waals surface area contributed by atoms with Crippen LogP contribution >= 0.6 is 12.4 Å². The molecule has 0 aliphatic rings. The van der Waals surface area contributed by atoms with Gasteiger partial charge in [0.15, 0.2) is 0 Å². The number of halogens is 1. The van der Waals surface area contributed by atoms with Gasteiger partial charge in [-0.15, -0.1) is 12.4 Å². The Morgan fingerprint density at radius 1 is 1.25 bits per heavy atom. The van der Waals surface area contributed by atoms with E-state index in [1.54, 1.807) is 18.2 Å². The zero-order valence-electron chi connectivity index (χ0n) is 9.63.